The molecule has 0 bridgehead atoms. The summed E-state index contributed by atoms with van der Waals surface area (Å²) in [4.78, 5) is 20.9. The number of Topliss-reactive ketones (excluding diaryl/α,β-unsaturated/α-hetero) is 1. The highest BCUT2D eigenvalue weighted by Gasteiger charge is 2.17. The summed E-state index contributed by atoms with van der Waals surface area (Å²) in [5, 5.41) is 4.92. The predicted octanol–water partition coefficient (Wildman–Crippen LogP) is 5.04. The number of hydrogen-bond acceptors (Lipinski definition) is 7. The Kier molecular flexibility index (Phi) is 4.80. The van der Waals surface area contributed by atoms with Crippen LogP contribution in [0, 0.1) is 6.92 Å². The molecule has 2 aromatic carbocycles. The Bertz CT molecular complexity index is 1230. The van der Waals surface area contributed by atoms with E-state index in [-0.39, 0.29) is 5.78 Å². The molecule has 1 N–H and O–H groups in total. The zero-order valence-corrected chi connectivity index (χ0v) is 16.7. The normalized spacial score (nSPS) is 11.0. The molecule has 0 unspecified atom stereocenters. The third-order valence-corrected chi connectivity index (χ3v) is 4.87. The monoisotopic (exact) mass is 391 g/mol. The van der Waals surface area contributed by atoms with Gasteiger partial charge < -0.3 is 19.2 Å². The molecule has 0 saturated carbocycles. The van der Waals surface area contributed by atoms with Gasteiger partial charge in [-0.1, -0.05) is 6.92 Å². The lowest BCUT2D eigenvalue weighted by Crippen LogP contribution is -1.98. The number of anilines is 2. The highest BCUT2D eigenvalue weighted by molar-refractivity contribution is 6.08. The summed E-state index contributed by atoms with van der Waals surface area (Å²) in [5.41, 5.74) is 2.82. The second kappa shape index (κ2) is 7.43. The maximum Gasteiger partial charge on any atom is 0.166 e. The van der Waals surface area contributed by atoms with Gasteiger partial charge in [0.1, 0.15) is 23.5 Å². The number of rotatable bonds is 6. The number of methoxy groups -OCH3 is 2. The standard InChI is InChI=1S/C22H21N3O4/c1-5-17(26)21-12(2)29-18-8-13(6-7-14(18)21)25-22-15-9-19(27-3)20(28-4)10-16(15)23-11-24-22/h6-11H,5H2,1-4H3,(H,23,24,25). The van der Waals surface area contributed by atoms with Crippen LogP contribution in [0.1, 0.15) is 29.5 Å². The first-order chi connectivity index (χ1) is 14.0. The van der Waals surface area contributed by atoms with Gasteiger partial charge in [-0.2, -0.15) is 0 Å². The first-order valence-electron chi connectivity index (χ1n) is 9.25. The molecular weight excluding hydrogens is 370 g/mol. The molecule has 0 spiro atoms. The zero-order valence-electron chi connectivity index (χ0n) is 16.7. The fourth-order valence-corrected chi connectivity index (χ4v) is 3.44. The minimum atomic E-state index is 0.0739. The summed E-state index contributed by atoms with van der Waals surface area (Å²) in [6.45, 7) is 3.66. The quantitative estimate of drug-likeness (QED) is 0.461. The van der Waals surface area contributed by atoms with Crippen molar-refractivity contribution in [3.05, 3.63) is 48.0 Å². The molecule has 0 fully saturated rings. The van der Waals surface area contributed by atoms with E-state index in [1.165, 1.54) is 6.33 Å². The highest BCUT2D eigenvalue weighted by atomic mass is 16.5. The third-order valence-electron chi connectivity index (χ3n) is 4.87. The number of carbonyl (C=O) groups excluding carboxylic acids is 1. The summed E-state index contributed by atoms with van der Waals surface area (Å²) in [6, 6.07) is 9.30. The first kappa shape index (κ1) is 18.7. The fraction of sp³-hybridized carbons (Fsp3) is 0.227. The molecular formula is C22H21N3O4. The van der Waals surface area contributed by atoms with Gasteiger partial charge in [-0.15, -0.1) is 0 Å². The largest absolute Gasteiger partial charge is 0.493 e. The van der Waals surface area contributed by atoms with Crippen LogP contribution in [0.2, 0.25) is 0 Å². The minimum Gasteiger partial charge on any atom is -0.493 e. The van der Waals surface area contributed by atoms with Crippen LogP contribution in [0.25, 0.3) is 21.9 Å². The SMILES string of the molecule is CCC(=O)c1c(C)oc2cc(Nc3ncnc4cc(OC)c(OC)cc34)ccc12. The lowest BCUT2D eigenvalue weighted by Gasteiger charge is -2.12. The zero-order chi connectivity index (χ0) is 20.5. The van der Waals surface area contributed by atoms with Gasteiger partial charge in [-0.3, -0.25) is 4.79 Å². The summed E-state index contributed by atoms with van der Waals surface area (Å²) >= 11 is 0. The lowest BCUT2D eigenvalue weighted by atomic mass is 10.0. The van der Waals surface area contributed by atoms with Crippen LogP contribution in [0.15, 0.2) is 41.1 Å². The third kappa shape index (κ3) is 3.24. The number of nitrogens with one attached hydrogen (secondary N) is 1. The minimum absolute atomic E-state index is 0.0739. The van der Waals surface area contributed by atoms with E-state index in [0.29, 0.717) is 40.6 Å². The van der Waals surface area contributed by atoms with Crippen molar-refractivity contribution in [2.75, 3.05) is 19.5 Å². The Labute approximate surface area is 167 Å². The molecule has 148 valence electrons. The number of furan rings is 1. The second-order valence-electron chi connectivity index (χ2n) is 6.59. The van der Waals surface area contributed by atoms with Crippen LogP contribution in [-0.4, -0.2) is 30.0 Å². The molecule has 4 rings (SSSR count). The van der Waals surface area contributed by atoms with E-state index in [1.54, 1.807) is 14.2 Å². The van der Waals surface area contributed by atoms with Crippen molar-refractivity contribution in [3.8, 4) is 11.5 Å². The lowest BCUT2D eigenvalue weighted by molar-refractivity contribution is 0.0988. The van der Waals surface area contributed by atoms with Crippen LogP contribution >= 0.6 is 0 Å². The molecule has 2 aromatic heterocycles. The van der Waals surface area contributed by atoms with Crippen LogP contribution in [-0.2, 0) is 0 Å². The number of fused-ring (bicyclic) bond motifs is 2. The van der Waals surface area contributed by atoms with E-state index in [2.05, 4.69) is 15.3 Å². The van der Waals surface area contributed by atoms with Gasteiger partial charge in [0.2, 0.25) is 0 Å². The van der Waals surface area contributed by atoms with Crippen molar-refractivity contribution in [1.29, 1.82) is 0 Å². The molecule has 0 radical (unpaired) electrons. The number of hydrogen-bond donors (Lipinski definition) is 1. The van der Waals surface area contributed by atoms with Crippen LogP contribution in [0.5, 0.6) is 11.5 Å². The van der Waals surface area contributed by atoms with Gasteiger partial charge in [0.25, 0.3) is 0 Å². The van der Waals surface area contributed by atoms with E-state index in [4.69, 9.17) is 13.9 Å². The molecule has 0 aliphatic rings. The van der Waals surface area contributed by atoms with E-state index in [1.807, 2.05) is 44.2 Å². The predicted molar refractivity (Wildman–Crippen MR) is 111 cm³/mol. The Balaban J connectivity index is 1.77. The number of benzene rings is 2. The van der Waals surface area contributed by atoms with Crippen molar-refractivity contribution in [1.82, 2.24) is 9.97 Å². The van der Waals surface area contributed by atoms with Crippen molar-refractivity contribution < 1.29 is 18.7 Å². The molecule has 0 aliphatic carbocycles. The molecule has 0 aliphatic heterocycles. The first-order valence-corrected chi connectivity index (χ1v) is 9.25. The molecule has 7 heteroatoms. The molecule has 0 saturated heterocycles. The average Bonchev–Trinajstić information content (AvgIpc) is 3.07. The van der Waals surface area contributed by atoms with E-state index < -0.39 is 0 Å². The molecule has 7 nitrogen and oxygen atoms in total. The number of ketones is 1. The number of nitrogens with zero attached hydrogens (tertiary/aromatic N) is 2. The fourth-order valence-electron chi connectivity index (χ4n) is 3.44. The molecule has 0 atom stereocenters. The number of aromatic nitrogens is 2. The summed E-state index contributed by atoms with van der Waals surface area (Å²) in [6.07, 6.45) is 1.93. The molecule has 2 heterocycles. The molecule has 0 amide bonds. The van der Waals surface area contributed by atoms with E-state index in [9.17, 15) is 4.79 Å². The Morgan fingerprint density at radius 2 is 1.83 bits per heavy atom. The van der Waals surface area contributed by atoms with Gasteiger partial charge in [-0.05, 0) is 25.1 Å². The van der Waals surface area contributed by atoms with Crippen molar-refractivity contribution >= 4 is 39.2 Å². The summed E-state index contributed by atoms with van der Waals surface area (Å²) in [5.74, 6) is 2.53. The van der Waals surface area contributed by atoms with Crippen molar-refractivity contribution in [3.63, 3.8) is 0 Å². The maximum atomic E-state index is 12.2. The van der Waals surface area contributed by atoms with Crippen molar-refractivity contribution in [2.45, 2.75) is 20.3 Å². The highest BCUT2D eigenvalue weighted by Crippen LogP contribution is 2.35. The summed E-state index contributed by atoms with van der Waals surface area (Å²) < 4.78 is 16.6. The molecule has 4 aromatic rings. The van der Waals surface area contributed by atoms with Crippen LogP contribution in [0.4, 0.5) is 11.5 Å². The number of carbonyl (C=O) groups is 1. The van der Waals surface area contributed by atoms with Gasteiger partial charge in [0.05, 0.1) is 25.3 Å². The van der Waals surface area contributed by atoms with Gasteiger partial charge in [0, 0.05) is 35.0 Å². The Morgan fingerprint density at radius 3 is 2.55 bits per heavy atom. The Morgan fingerprint density at radius 1 is 1.07 bits per heavy atom. The van der Waals surface area contributed by atoms with Crippen LogP contribution < -0.4 is 14.8 Å². The van der Waals surface area contributed by atoms with E-state index >= 15 is 0 Å². The van der Waals surface area contributed by atoms with Gasteiger partial charge in [-0.25, -0.2) is 9.97 Å². The topological polar surface area (TPSA) is 86.5 Å². The van der Waals surface area contributed by atoms with Gasteiger partial charge >= 0.3 is 0 Å². The Hall–Kier alpha value is -3.61. The maximum absolute atomic E-state index is 12.2. The number of ether oxygens (including phenoxy) is 2. The summed E-state index contributed by atoms with van der Waals surface area (Å²) in [7, 11) is 3.17. The smallest absolute Gasteiger partial charge is 0.166 e. The second-order valence-corrected chi connectivity index (χ2v) is 6.59. The average molecular weight is 391 g/mol. The van der Waals surface area contributed by atoms with Crippen molar-refractivity contribution in [2.24, 2.45) is 0 Å². The number of aryl methyl sites for hydroxylation is 1. The molecule has 29 heavy (non-hydrogen) atoms. The van der Waals surface area contributed by atoms with Gasteiger partial charge in [0.15, 0.2) is 17.3 Å². The van der Waals surface area contributed by atoms with Crippen LogP contribution in [0.3, 0.4) is 0 Å². The van der Waals surface area contributed by atoms with E-state index in [0.717, 1.165) is 22.0 Å².